The maximum atomic E-state index is 12.5. The van der Waals surface area contributed by atoms with Crippen LogP contribution in [0.4, 0.5) is 5.69 Å². The third-order valence-electron chi connectivity index (χ3n) is 6.84. The lowest BCUT2D eigenvalue weighted by Gasteiger charge is -2.48. The number of piperidine rings is 2. The molecule has 0 N–H and O–H groups in total. The zero-order chi connectivity index (χ0) is 22.1. The highest BCUT2D eigenvalue weighted by Gasteiger charge is 2.47. The molecule has 7 heteroatoms. The molecule has 0 bridgehead atoms. The van der Waals surface area contributed by atoms with Gasteiger partial charge in [-0.25, -0.2) is 4.79 Å². The van der Waals surface area contributed by atoms with E-state index in [-0.39, 0.29) is 29.8 Å². The fourth-order valence-corrected chi connectivity index (χ4v) is 5.50. The van der Waals surface area contributed by atoms with Crippen molar-refractivity contribution in [2.75, 3.05) is 27.3 Å². The van der Waals surface area contributed by atoms with Crippen LogP contribution >= 0.6 is 0 Å². The number of aliphatic imine (C=N–C) groups is 1. The average molecular weight is 427 g/mol. The number of hydrogen-bond donors (Lipinski definition) is 0. The number of carbonyl (C=O) groups excluding carboxylic acids is 2. The molecule has 3 aliphatic heterocycles. The maximum absolute atomic E-state index is 12.5. The van der Waals surface area contributed by atoms with E-state index in [9.17, 15) is 9.59 Å². The summed E-state index contributed by atoms with van der Waals surface area (Å²) < 4.78 is 15.8. The minimum Gasteiger partial charge on any atom is -0.504 e. The van der Waals surface area contributed by atoms with Crippen LogP contribution in [-0.2, 0) is 19.1 Å². The van der Waals surface area contributed by atoms with Gasteiger partial charge in [0.15, 0.2) is 0 Å². The Hall–Kier alpha value is -2.67. The highest BCUT2D eigenvalue weighted by atomic mass is 16.5. The second kappa shape index (κ2) is 8.83. The van der Waals surface area contributed by atoms with Gasteiger partial charge < -0.3 is 14.2 Å². The third-order valence-corrected chi connectivity index (χ3v) is 6.84. The number of rotatable bonds is 5. The van der Waals surface area contributed by atoms with E-state index in [0.29, 0.717) is 17.2 Å². The quantitative estimate of drug-likeness (QED) is 0.310. The second-order valence-corrected chi connectivity index (χ2v) is 8.48. The first-order valence-electron chi connectivity index (χ1n) is 10.9. The Morgan fingerprint density at radius 3 is 2.77 bits per heavy atom. The van der Waals surface area contributed by atoms with E-state index in [2.05, 4.69) is 11.8 Å². The van der Waals surface area contributed by atoms with Crippen molar-refractivity contribution in [1.82, 2.24) is 4.90 Å². The summed E-state index contributed by atoms with van der Waals surface area (Å²) in [5.74, 6) is 0.468. The predicted octanol–water partition coefficient (Wildman–Crippen LogP) is 3.61. The molecule has 2 fully saturated rings. The van der Waals surface area contributed by atoms with Crippen LogP contribution in [0.2, 0.25) is 0 Å². The van der Waals surface area contributed by atoms with Gasteiger partial charge in [0.1, 0.15) is 5.75 Å². The summed E-state index contributed by atoms with van der Waals surface area (Å²) in [5.41, 5.74) is 3.61. The first-order chi connectivity index (χ1) is 15.0. The summed E-state index contributed by atoms with van der Waals surface area (Å²) >= 11 is 0. The van der Waals surface area contributed by atoms with Crippen LogP contribution < -0.4 is 4.74 Å². The number of hydrogen-bond acceptors (Lipinski definition) is 7. The molecule has 3 heterocycles. The van der Waals surface area contributed by atoms with Crippen LogP contribution in [0.25, 0.3) is 0 Å². The van der Waals surface area contributed by atoms with Crippen LogP contribution in [-0.4, -0.2) is 55.9 Å². The summed E-state index contributed by atoms with van der Waals surface area (Å²) in [4.78, 5) is 31.6. The van der Waals surface area contributed by atoms with E-state index in [1.807, 2.05) is 18.2 Å². The summed E-state index contributed by atoms with van der Waals surface area (Å²) in [6.45, 7) is 5.45. The molecule has 0 radical (unpaired) electrons. The predicted molar refractivity (Wildman–Crippen MR) is 117 cm³/mol. The number of esters is 2. The maximum Gasteiger partial charge on any atom is 0.337 e. The topological polar surface area (TPSA) is 77.4 Å². The molecule has 31 heavy (non-hydrogen) atoms. The molecule has 0 saturated carbocycles. The Morgan fingerprint density at radius 2 is 2.10 bits per heavy atom. The number of nitrogens with zero attached hydrogens (tertiary/aromatic N) is 2. The van der Waals surface area contributed by atoms with Crippen LogP contribution in [0.3, 0.4) is 0 Å². The van der Waals surface area contributed by atoms with Gasteiger partial charge in [-0.2, -0.15) is 0 Å². The normalized spacial score (nSPS) is 27.5. The minimum absolute atomic E-state index is 0.0387. The van der Waals surface area contributed by atoms with Crippen LogP contribution in [0.5, 0.6) is 5.75 Å². The Morgan fingerprint density at radius 1 is 1.29 bits per heavy atom. The largest absolute Gasteiger partial charge is 0.504 e. The minimum atomic E-state index is -0.333. The number of benzene rings is 1. The molecule has 0 aliphatic carbocycles. The molecule has 4 unspecified atom stereocenters. The molecule has 0 spiro atoms. The summed E-state index contributed by atoms with van der Waals surface area (Å²) in [6.07, 6.45) is 4.24. The van der Waals surface area contributed by atoms with E-state index in [1.165, 1.54) is 14.0 Å². The van der Waals surface area contributed by atoms with Gasteiger partial charge in [0, 0.05) is 36.7 Å². The van der Waals surface area contributed by atoms with Crippen LogP contribution in [0.1, 0.15) is 44.6 Å². The van der Waals surface area contributed by atoms with Crippen molar-refractivity contribution in [3.05, 3.63) is 35.6 Å². The molecule has 2 saturated heterocycles. The number of carbonyl (C=O) groups is 2. The highest BCUT2D eigenvalue weighted by Crippen LogP contribution is 2.49. The molecule has 0 amide bonds. The van der Waals surface area contributed by atoms with Crippen molar-refractivity contribution >= 4 is 23.3 Å². The summed E-state index contributed by atoms with van der Waals surface area (Å²) in [6, 6.07) is 5.84. The zero-order valence-corrected chi connectivity index (χ0v) is 18.6. The van der Waals surface area contributed by atoms with Gasteiger partial charge in [0.05, 0.1) is 31.7 Å². The highest BCUT2D eigenvalue weighted by molar-refractivity contribution is 6.03. The van der Waals surface area contributed by atoms with Crippen molar-refractivity contribution in [2.24, 2.45) is 16.8 Å². The van der Waals surface area contributed by atoms with E-state index < -0.39 is 0 Å². The van der Waals surface area contributed by atoms with Gasteiger partial charge >= 0.3 is 11.9 Å². The molecular formula is C24H30N2O5. The van der Waals surface area contributed by atoms with Crippen LogP contribution in [0.15, 0.2) is 35.0 Å². The number of fused-ring (bicyclic) bond motifs is 5. The Kier molecular flexibility index (Phi) is 6.14. The average Bonchev–Trinajstić information content (AvgIpc) is 3.15. The fraction of sp³-hybridized carbons (Fsp3) is 0.542. The molecule has 3 aliphatic rings. The molecular weight excluding hydrogens is 396 g/mol. The van der Waals surface area contributed by atoms with Gasteiger partial charge in [-0.15, -0.1) is 0 Å². The first-order valence-corrected chi connectivity index (χ1v) is 10.9. The molecule has 1 aromatic rings. The lowest BCUT2D eigenvalue weighted by Crippen LogP contribution is -2.55. The molecule has 1 aromatic carbocycles. The summed E-state index contributed by atoms with van der Waals surface area (Å²) in [5, 5.41) is 0. The van der Waals surface area contributed by atoms with Gasteiger partial charge in [-0.1, -0.05) is 19.4 Å². The molecule has 7 nitrogen and oxygen atoms in total. The van der Waals surface area contributed by atoms with Crippen molar-refractivity contribution in [3.8, 4) is 5.75 Å². The van der Waals surface area contributed by atoms with Gasteiger partial charge in [-0.3, -0.25) is 14.7 Å². The van der Waals surface area contributed by atoms with E-state index in [0.717, 1.165) is 49.3 Å². The summed E-state index contributed by atoms with van der Waals surface area (Å²) in [7, 11) is 2.97. The third kappa shape index (κ3) is 3.87. The fourth-order valence-electron chi connectivity index (χ4n) is 5.50. The second-order valence-electron chi connectivity index (χ2n) is 8.48. The zero-order valence-electron chi connectivity index (χ0n) is 18.6. The lowest BCUT2D eigenvalue weighted by atomic mass is 9.71. The van der Waals surface area contributed by atoms with Crippen molar-refractivity contribution in [2.45, 2.75) is 45.1 Å². The Labute approximate surface area is 183 Å². The SMILES string of the molecule is CCC1CN2CCC3C(=Nc4cccc(OC(C)=O)c43)C2CC1/C(=C\OC)C(=O)OC. The van der Waals surface area contributed by atoms with Crippen molar-refractivity contribution < 1.29 is 23.8 Å². The Bertz CT molecular complexity index is 938. The number of methoxy groups -OCH3 is 2. The molecule has 0 aromatic heterocycles. The van der Waals surface area contributed by atoms with Gasteiger partial charge in [0.25, 0.3) is 0 Å². The van der Waals surface area contributed by atoms with Crippen LogP contribution in [0, 0.1) is 11.8 Å². The van der Waals surface area contributed by atoms with E-state index in [1.54, 1.807) is 13.4 Å². The Balaban J connectivity index is 1.67. The first kappa shape index (κ1) is 21.6. The standard InChI is InChI=1S/C24H30N2O5/c1-5-15-12-26-10-9-16-22-19(7-6-8-21(22)31-14(2)27)25-23(16)20(26)11-17(15)18(13-29-3)24(28)30-4/h6-8,13,15-17,20H,5,9-12H2,1-4H3/b18-13+. The monoisotopic (exact) mass is 426 g/mol. The lowest BCUT2D eigenvalue weighted by molar-refractivity contribution is -0.137. The molecule has 4 rings (SSSR count). The smallest absolute Gasteiger partial charge is 0.337 e. The van der Waals surface area contributed by atoms with Gasteiger partial charge in [0.2, 0.25) is 0 Å². The molecule has 166 valence electrons. The van der Waals surface area contributed by atoms with Crippen molar-refractivity contribution in [1.29, 1.82) is 0 Å². The van der Waals surface area contributed by atoms with E-state index >= 15 is 0 Å². The van der Waals surface area contributed by atoms with E-state index in [4.69, 9.17) is 19.2 Å². The van der Waals surface area contributed by atoms with Gasteiger partial charge in [-0.05, 0) is 43.4 Å². The number of ether oxygens (including phenoxy) is 3. The van der Waals surface area contributed by atoms with Crippen molar-refractivity contribution in [3.63, 3.8) is 0 Å². The molecule has 4 atom stereocenters.